The highest BCUT2D eigenvalue weighted by atomic mass is 16.4. The first-order valence-corrected chi connectivity index (χ1v) is 6.42. The summed E-state index contributed by atoms with van der Waals surface area (Å²) in [6.07, 6.45) is 6.33. The molecule has 1 unspecified atom stereocenters. The summed E-state index contributed by atoms with van der Waals surface area (Å²) < 4.78 is 0. The molecule has 1 aliphatic rings. The molecule has 4 heteroatoms. The Bertz CT molecular complexity index is 281. The first kappa shape index (κ1) is 14.0. The van der Waals surface area contributed by atoms with Gasteiger partial charge in [0.1, 0.15) is 0 Å². The van der Waals surface area contributed by atoms with Crippen molar-refractivity contribution < 1.29 is 19.8 Å². The average Bonchev–Trinajstić information content (AvgIpc) is 2.29. The van der Waals surface area contributed by atoms with Crippen molar-refractivity contribution in [1.29, 1.82) is 0 Å². The summed E-state index contributed by atoms with van der Waals surface area (Å²) in [7, 11) is 0. The molecular weight excluding hydrogens is 220 g/mol. The molecule has 0 radical (unpaired) electrons. The summed E-state index contributed by atoms with van der Waals surface area (Å²) in [5.41, 5.74) is -0.740. The highest BCUT2D eigenvalue weighted by Crippen LogP contribution is 2.42. The van der Waals surface area contributed by atoms with Crippen molar-refractivity contribution in [2.45, 2.75) is 58.3 Å². The molecular formula is C13H22O4. The van der Waals surface area contributed by atoms with E-state index in [2.05, 4.69) is 0 Å². The van der Waals surface area contributed by atoms with E-state index in [9.17, 15) is 14.7 Å². The third-order valence-corrected chi connectivity index (χ3v) is 4.08. The van der Waals surface area contributed by atoms with Crippen molar-refractivity contribution in [2.75, 3.05) is 0 Å². The summed E-state index contributed by atoms with van der Waals surface area (Å²) in [4.78, 5) is 21.9. The molecule has 0 saturated heterocycles. The van der Waals surface area contributed by atoms with Crippen molar-refractivity contribution in [3.8, 4) is 0 Å². The lowest BCUT2D eigenvalue weighted by Gasteiger charge is -2.36. The molecule has 0 spiro atoms. The summed E-state index contributed by atoms with van der Waals surface area (Å²) in [6.45, 7) is 1.78. The van der Waals surface area contributed by atoms with Crippen LogP contribution in [0.2, 0.25) is 0 Å². The van der Waals surface area contributed by atoms with E-state index >= 15 is 0 Å². The highest BCUT2D eigenvalue weighted by molar-refractivity contribution is 5.74. The van der Waals surface area contributed by atoms with Crippen LogP contribution in [-0.4, -0.2) is 22.2 Å². The van der Waals surface area contributed by atoms with Gasteiger partial charge in [-0.2, -0.15) is 0 Å². The molecule has 2 N–H and O–H groups in total. The first-order chi connectivity index (χ1) is 7.97. The second-order valence-corrected chi connectivity index (χ2v) is 5.30. The number of carboxylic acid groups (broad SMARTS) is 2. The van der Waals surface area contributed by atoms with Crippen LogP contribution < -0.4 is 0 Å². The molecule has 1 aliphatic carbocycles. The van der Waals surface area contributed by atoms with Crippen molar-refractivity contribution in [1.82, 2.24) is 0 Å². The average molecular weight is 242 g/mol. The smallest absolute Gasteiger partial charge is 0.309 e. The fourth-order valence-electron chi connectivity index (χ4n) is 2.83. The Labute approximate surface area is 102 Å². The Kier molecular flexibility index (Phi) is 4.97. The van der Waals surface area contributed by atoms with Crippen LogP contribution in [0.4, 0.5) is 0 Å². The Morgan fingerprint density at radius 1 is 1.18 bits per heavy atom. The zero-order chi connectivity index (χ0) is 12.9. The molecule has 1 atom stereocenters. The number of hydrogen-bond donors (Lipinski definition) is 2. The maximum absolute atomic E-state index is 11.4. The van der Waals surface area contributed by atoms with Crippen LogP contribution in [0.25, 0.3) is 0 Å². The lowest BCUT2D eigenvalue weighted by Crippen LogP contribution is -2.37. The monoisotopic (exact) mass is 242 g/mol. The largest absolute Gasteiger partial charge is 0.481 e. The van der Waals surface area contributed by atoms with E-state index in [4.69, 9.17) is 5.11 Å². The minimum Gasteiger partial charge on any atom is -0.481 e. The summed E-state index contributed by atoms with van der Waals surface area (Å²) in [5, 5.41) is 18.0. The summed E-state index contributed by atoms with van der Waals surface area (Å²) in [5.74, 6) is -1.40. The quantitative estimate of drug-likeness (QED) is 0.751. The molecule has 1 rings (SSSR count). The van der Waals surface area contributed by atoms with Crippen molar-refractivity contribution in [2.24, 2.45) is 11.3 Å². The van der Waals surface area contributed by atoms with Crippen LogP contribution in [-0.2, 0) is 9.59 Å². The van der Waals surface area contributed by atoms with E-state index < -0.39 is 17.4 Å². The third-order valence-electron chi connectivity index (χ3n) is 4.08. The molecule has 4 nitrogen and oxygen atoms in total. The van der Waals surface area contributed by atoms with Crippen LogP contribution >= 0.6 is 0 Å². The van der Waals surface area contributed by atoms with Gasteiger partial charge in [0.15, 0.2) is 0 Å². The van der Waals surface area contributed by atoms with E-state index in [0.717, 1.165) is 25.7 Å². The first-order valence-electron chi connectivity index (χ1n) is 6.42. The van der Waals surface area contributed by atoms with E-state index in [1.165, 1.54) is 6.42 Å². The van der Waals surface area contributed by atoms with E-state index in [1.807, 2.05) is 0 Å². The Hall–Kier alpha value is -1.06. The number of rotatable bonds is 6. The fraction of sp³-hybridized carbons (Fsp3) is 0.846. The predicted octanol–water partition coefficient (Wildman–Crippen LogP) is 2.91. The number of carbonyl (C=O) groups is 2. The van der Waals surface area contributed by atoms with Gasteiger partial charge in [0, 0.05) is 6.42 Å². The molecule has 0 aromatic carbocycles. The molecule has 1 fully saturated rings. The van der Waals surface area contributed by atoms with Gasteiger partial charge < -0.3 is 10.2 Å². The van der Waals surface area contributed by atoms with Crippen LogP contribution in [0.3, 0.4) is 0 Å². The van der Waals surface area contributed by atoms with Gasteiger partial charge in [0.2, 0.25) is 0 Å². The van der Waals surface area contributed by atoms with Gasteiger partial charge in [-0.15, -0.1) is 0 Å². The Morgan fingerprint density at radius 2 is 1.76 bits per heavy atom. The van der Waals surface area contributed by atoms with Crippen molar-refractivity contribution >= 4 is 11.9 Å². The van der Waals surface area contributed by atoms with Gasteiger partial charge in [-0.05, 0) is 38.5 Å². The summed E-state index contributed by atoms with van der Waals surface area (Å²) in [6, 6.07) is 0. The van der Waals surface area contributed by atoms with E-state index in [0.29, 0.717) is 12.8 Å². The predicted molar refractivity (Wildman–Crippen MR) is 63.8 cm³/mol. The fourth-order valence-corrected chi connectivity index (χ4v) is 2.83. The van der Waals surface area contributed by atoms with Gasteiger partial charge >= 0.3 is 11.9 Å². The molecule has 98 valence electrons. The topological polar surface area (TPSA) is 74.6 Å². The van der Waals surface area contributed by atoms with Crippen LogP contribution in [0.5, 0.6) is 0 Å². The molecule has 0 aliphatic heterocycles. The zero-order valence-electron chi connectivity index (χ0n) is 10.4. The Balaban J connectivity index is 2.60. The van der Waals surface area contributed by atoms with Crippen LogP contribution in [0.1, 0.15) is 58.3 Å². The molecule has 0 aromatic rings. The lowest BCUT2D eigenvalue weighted by atomic mass is 9.67. The van der Waals surface area contributed by atoms with E-state index in [1.54, 1.807) is 6.92 Å². The minimum atomic E-state index is -0.846. The molecule has 0 amide bonds. The maximum Gasteiger partial charge on any atom is 0.309 e. The van der Waals surface area contributed by atoms with Gasteiger partial charge in [-0.25, -0.2) is 0 Å². The highest BCUT2D eigenvalue weighted by Gasteiger charge is 2.41. The normalized spacial score (nSPS) is 20.8. The number of carboxylic acids is 2. The van der Waals surface area contributed by atoms with Gasteiger partial charge in [-0.3, -0.25) is 9.59 Å². The molecule has 0 aromatic heterocycles. The molecule has 0 bridgehead atoms. The molecule has 17 heavy (non-hydrogen) atoms. The molecule has 1 saturated carbocycles. The van der Waals surface area contributed by atoms with Gasteiger partial charge in [0.05, 0.1) is 5.41 Å². The van der Waals surface area contributed by atoms with Crippen LogP contribution in [0.15, 0.2) is 0 Å². The maximum atomic E-state index is 11.4. The second kappa shape index (κ2) is 6.03. The van der Waals surface area contributed by atoms with Gasteiger partial charge in [-0.1, -0.05) is 19.3 Å². The van der Waals surface area contributed by atoms with Crippen LogP contribution in [0, 0.1) is 11.3 Å². The van der Waals surface area contributed by atoms with Gasteiger partial charge in [0.25, 0.3) is 0 Å². The molecule has 0 heterocycles. The lowest BCUT2D eigenvalue weighted by molar-refractivity contribution is -0.153. The SMILES string of the molecule is CC(CCCC(=O)O)(C(=O)O)C1CCCCC1. The second-order valence-electron chi connectivity index (χ2n) is 5.30. The third kappa shape index (κ3) is 3.72. The van der Waals surface area contributed by atoms with Crippen molar-refractivity contribution in [3.05, 3.63) is 0 Å². The minimum absolute atomic E-state index is 0.0651. The zero-order valence-corrected chi connectivity index (χ0v) is 10.4. The van der Waals surface area contributed by atoms with E-state index in [-0.39, 0.29) is 12.3 Å². The number of aliphatic carboxylic acids is 2. The van der Waals surface area contributed by atoms with Crippen molar-refractivity contribution in [3.63, 3.8) is 0 Å². The number of hydrogen-bond acceptors (Lipinski definition) is 2. The standard InChI is InChI=1S/C13H22O4/c1-13(12(16)17,9-5-8-11(14)15)10-6-3-2-4-7-10/h10H,2-9H2,1H3,(H,14,15)(H,16,17). The Morgan fingerprint density at radius 3 is 2.24 bits per heavy atom. The summed E-state index contributed by atoms with van der Waals surface area (Å²) >= 11 is 0.